The summed E-state index contributed by atoms with van der Waals surface area (Å²) in [6, 6.07) is 55.1. The molecule has 2 aromatic heterocycles. The fraction of sp³-hybridized carbons (Fsp3) is 0. The first-order valence-corrected chi connectivity index (χ1v) is 15.2. The van der Waals surface area contributed by atoms with E-state index in [9.17, 15) is 0 Å². The van der Waals surface area contributed by atoms with Gasteiger partial charge in [0.2, 0.25) is 0 Å². The number of thiophene rings is 1. The van der Waals surface area contributed by atoms with Gasteiger partial charge in [-0.1, -0.05) is 127 Å². The van der Waals surface area contributed by atoms with E-state index in [4.69, 9.17) is 0 Å². The minimum Gasteiger partial charge on any atom is -0.309 e. The zero-order chi connectivity index (χ0) is 27.6. The lowest BCUT2D eigenvalue weighted by molar-refractivity contribution is 1.19. The smallest absolute Gasteiger partial charge is 0.0640 e. The molecule has 0 spiro atoms. The van der Waals surface area contributed by atoms with Crippen LogP contribution in [0, 0.1) is 0 Å². The number of hydrogen-bond acceptors (Lipinski definition) is 1. The van der Waals surface area contributed by atoms with E-state index in [1.54, 1.807) is 0 Å². The molecule has 42 heavy (non-hydrogen) atoms. The summed E-state index contributed by atoms with van der Waals surface area (Å²) in [4.78, 5) is 0. The van der Waals surface area contributed by atoms with Crippen molar-refractivity contribution in [2.24, 2.45) is 0 Å². The van der Waals surface area contributed by atoms with Crippen molar-refractivity contribution in [2.45, 2.75) is 0 Å². The van der Waals surface area contributed by atoms with E-state index in [1.165, 1.54) is 80.7 Å². The molecule has 9 rings (SSSR count). The molecule has 0 unspecified atom stereocenters. The third kappa shape index (κ3) is 3.36. The Labute approximate surface area is 247 Å². The second-order valence-electron chi connectivity index (χ2n) is 10.9. The maximum Gasteiger partial charge on any atom is 0.0640 e. The van der Waals surface area contributed by atoms with Gasteiger partial charge in [-0.05, 0) is 51.9 Å². The number of fused-ring (bicyclic) bond motifs is 10. The molecule has 0 amide bonds. The number of aromatic nitrogens is 1. The van der Waals surface area contributed by atoms with Gasteiger partial charge in [0.1, 0.15) is 0 Å². The highest BCUT2D eigenvalue weighted by molar-refractivity contribution is 7.27. The third-order valence-electron chi connectivity index (χ3n) is 8.57. The minimum absolute atomic E-state index is 1.18. The Kier molecular flexibility index (Phi) is 5.13. The molecular formula is C40H25NS. The first-order valence-electron chi connectivity index (χ1n) is 14.4. The van der Waals surface area contributed by atoms with Crippen LogP contribution in [0.1, 0.15) is 0 Å². The van der Waals surface area contributed by atoms with Gasteiger partial charge in [-0.15, -0.1) is 11.3 Å². The summed E-state index contributed by atoms with van der Waals surface area (Å²) in [5, 5.41) is 7.87. The van der Waals surface area contributed by atoms with Crippen molar-refractivity contribution in [2.75, 3.05) is 0 Å². The summed E-state index contributed by atoms with van der Waals surface area (Å²) in [5.74, 6) is 0. The van der Waals surface area contributed by atoms with Crippen LogP contribution in [-0.4, -0.2) is 4.57 Å². The predicted octanol–water partition coefficient (Wildman–Crippen LogP) is 11.6. The monoisotopic (exact) mass is 551 g/mol. The lowest BCUT2D eigenvalue weighted by Gasteiger charge is -2.10. The molecule has 196 valence electrons. The molecule has 0 atom stereocenters. The first kappa shape index (κ1) is 23.5. The Morgan fingerprint density at radius 3 is 1.81 bits per heavy atom. The van der Waals surface area contributed by atoms with Crippen LogP contribution in [0.3, 0.4) is 0 Å². The summed E-state index contributed by atoms with van der Waals surface area (Å²) in [6.07, 6.45) is 0. The van der Waals surface area contributed by atoms with Gasteiger partial charge < -0.3 is 4.57 Å². The van der Waals surface area contributed by atoms with Crippen molar-refractivity contribution in [3.63, 3.8) is 0 Å². The van der Waals surface area contributed by atoms with E-state index in [-0.39, 0.29) is 0 Å². The average Bonchev–Trinajstić information content (AvgIpc) is 3.62. The van der Waals surface area contributed by atoms with Crippen LogP contribution >= 0.6 is 11.3 Å². The van der Waals surface area contributed by atoms with Crippen LogP contribution < -0.4 is 0 Å². The molecule has 0 aliphatic rings. The molecule has 2 heterocycles. The molecule has 7 aromatic carbocycles. The number of para-hydroxylation sites is 1. The van der Waals surface area contributed by atoms with E-state index in [2.05, 4.69) is 156 Å². The summed E-state index contributed by atoms with van der Waals surface area (Å²) in [7, 11) is 0. The van der Waals surface area contributed by atoms with Crippen molar-refractivity contribution >= 4 is 64.1 Å². The molecule has 0 saturated carbocycles. The number of rotatable bonds is 3. The predicted molar refractivity (Wildman–Crippen MR) is 182 cm³/mol. The van der Waals surface area contributed by atoms with Gasteiger partial charge in [0.25, 0.3) is 0 Å². The van der Waals surface area contributed by atoms with Crippen molar-refractivity contribution in [3.05, 3.63) is 152 Å². The summed E-state index contributed by atoms with van der Waals surface area (Å²) in [6.45, 7) is 0. The van der Waals surface area contributed by atoms with Crippen LogP contribution in [0.5, 0.6) is 0 Å². The van der Waals surface area contributed by atoms with Gasteiger partial charge in [0.15, 0.2) is 0 Å². The molecule has 0 fully saturated rings. The topological polar surface area (TPSA) is 4.93 Å². The molecule has 1 nitrogen and oxygen atoms in total. The molecule has 0 N–H and O–H groups in total. The van der Waals surface area contributed by atoms with Crippen molar-refractivity contribution < 1.29 is 0 Å². The summed E-state index contributed by atoms with van der Waals surface area (Å²) >= 11 is 1.93. The van der Waals surface area contributed by atoms with Crippen LogP contribution in [0.4, 0.5) is 0 Å². The Morgan fingerprint density at radius 1 is 0.405 bits per heavy atom. The fourth-order valence-corrected chi connectivity index (χ4v) is 8.12. The maximum absolute atomic E-state index is 2.50. The maximum atomic E-state index is 2.50. The lowest BCUT2D eigenvalue weighted by Crippen LogP contribution is -1.94. The molecule has 0 radical (unpaired) electrons. The second kappa shape index (κ2) is 9.17. The second-order valence-corrected chi connectivity index (χ2v) is 11.9. The molecule has 9 aromatic rings. The molecule has 0 saturated heterocycles. The number of benzene rings is 7. The SMILES string of the molecule is c1ccc(-c2ccc3c(c2)c2c4ccccc4c4sc5c(-c6ccccc6)cccc5c4c2n3-c2ccccc2)cc1. The fourth-order valence-electron chi connectivity index (χ4n) is 6.74. The molecule has 0 bridgehead atoms. The van der Waals surface area contributed by atoms with Crippen molar-refractivity contribution in [1.82, 2.24) is 4.57 Å². The van der Waals surface area contributed by atoms with E-state index in [1.807, 2.05) is 11.3 Å². The van der Waals surface area contributed by atoms with Gasteiger partial charge in [-0.25, -0.2) is 0 Å². The summed E-state index contributed by atoms with van der Waals surface area (Å²) < 4.78 is 5.18. The molecular weight excluding hydrogens is 527 g/mol. The van der Waals surface area contributed by atoms with Gasteiger partial charge in [0, 0.05) is 42.0 Å². The normalized spacial score (nSPS) is 11.8. The highest BCUT2D eigenvalue weighted by atomic mass is 32.1. The highest BCUT2D eigenvalue weighted by Crippen LogP contribution is 2.50. The number of nitrogens with zero attached hydrogens (tertiary/aromatic N) is 1. The lowest BCUT2D eigenvalue weighted by atomic mass is 9.97. The van der Waals surface area contributed by atoms with E-state index < -0.39 is 0 Å². The van der Waals surface area contributed by atoms with Crippen LogP contribution in [0.25, 0.3) is 80.7 Å². The Balaban J connectivity index is 1.54. The van der Waals surface area contributed by atoms with Gasteiger partial charge in [-0.3, -0.25) is 0 Å². The highest BCUT2D eigenvalue weighted by Gasteiger charge is 2.23. The Morgan fingerprint density at radius 2 is 1.05 bits per heavy atom. The molecule has 0 aliphatic heterocycles. The third-order valence-corrected chi connectivity index (χ3v) is 9.84. The van der Waals surface area contributed by atoms with E-state index in [0.29, 0.717) is 0 Å². The Bertz CT molecular complexity index is 2430. The largest absolute Gasteiger partial charge is 0.309 e. The van der Waals surface area contributed by atoms with Crippen LogP contribution in [-0.2, 0) is 0 Å². The Hall–Kier alpha value is -5.18. The van der Waals surface area contributed by atoms with Crippen molar-refractivity contribution in [3.8, 4) is 27.9 Å². The number of hydrogen-bond donors (Lipinski definition) is 0. The molecule has 0 aliphatic carbocycles. The quantitative estimate of drug-likeness (QED) is 0.206. The minimum atomic E-state index is 1.18. The van der Waals surface area contributed by atoms with E-state index >= 15 is 0 Å². The van der Waals surface area contributed by atoms with E-state index in [0.717, 1.165) is 0 Å². The standard InChI is InChI=1S/C40H25NS/c1-4-13-26(14-5-1)28-23-24-35-34(25-28)36-31-19-10-11-20-32(31)40-37(38(36)41(35)29-17-8-3-9-18-29)33-22-12-21-30(39(33)42-40)27-15-6-2-7-16-27/h1-25H. The molecule has 2 heteroatoms. The average molecular weight is 552 g/mol. The van der Waals surface area contributed by atoms with Crippen LogP contribution in [0.15, 0.2) is 152 Å². The van der Waals surface area contributed by atoms with Gasteiger partial charge in [0.05, 0.1) is 11.0 Å². The zero-order valence-electron chi connectivity index (χ0n) is 22.8. The van der Waals surface area contributed by atoms with Crippen molar-refractivity contribution in [1.29, 1.82) is 0 Å². The first-order chi connectivity index (χ1) is 20.9. The zero-order valence-corrected chi connectivity index (χ0v) is 23.6. The summed E-state index contributed by atoms with van der Waals surface area (Å²) in [5.41, 5.74) is 8.71. The van der Waals surface area contributed by atoms with Crippen LogP contribution in [0.2, 0.25) is 0 Å². The van der Waals surface area contributed by atoms with Gasteiger partial charge in [-0.2, -0.15) is 0 Å². The van der Waals surface area contributed by atoms with Gasteiger partial charge >= 0.3 is 0 Å².